The Morgan fingerprint density at radius 1 is 1.36 bits per heavy atom. The van der Waals surface area contributed by atoms with Crippen LogP contribution in [0.2, 0.25) is 0 Å². The van der Waals surface area contributed by atoms with Crippen molar-refractivity contribution in [3.05, 3.63) is 60.7 Å². The zero-order valence-electron chi connectivity index (χ0n) is 18.7. The minimum absolute atomic E-state index is 0.256. The zero-order chi connectivity index (χ0) is 23.4. The second-order valence-electron chi connectivity index (χ2n) is 7.59. The molecule has 0 aliphatic rings. The van der Waals surface area contributed by atoms with Crippen LogP contribution < -0.4 is 11.2 Å². The molecule has 1 atom stereocenters. The zero-order valence-corrected chi connectivity index (χ0v) is 19.5. The van der Waals surface area contributed by atoms with Crippen molar-refractivity contribution >= 4 is 34.0 Å². The summed E-state index contributed by atoms with van der Waals surface area (Å²) >= 11 is 1.49. The van der Waals surface area contributed by atoms with Gasteiger partial charge in [0.25, 0.3) is 0 Å². The number of nitrogens with one attached hydrogen (secondary N) is 2. The number of aromatic nitrogens is 6. The van der Waals surface area contributed by atoms with Gasteiger partial charge in [-0.15, -0.1) is 0 Å². The molecule has 4 N–H and O–H groups in total. The van der Waals surface area contributed by atoms with E-state index in [0.717, 1.165) is 33.5 Å². The minimum Gasteiger partial charge on any atom is -0.345 e. The summed E-state index contributed by atoms with van der Waals surface area (Å²) in [7, 11) is 1.89. The van der Waals surface area contributed by atoms with Crippen LogP contribution >= 0.6 is 11.8 Å². The van der Waals surface area contributed by atoms with Crippen LogP contribution in [0.5, 0.6) is 0 Å². The smallest absolute Gasteiger partial charge is 0.150 e. The van der Waals surface area contributed by atoms with E-state index in [0.29, 0.717) is 29.3 Å². The predicted octanol–water partition coefficient (Wildman–Crippen LogP) is 3.38. The SMILES string of the molecule is C=C(Sc1c[nH]c2ncc(-c3cnn(C)c3)cc12)n1nc(C(C=N)CN)cc/c1=N/CCC. The molecule has 1 unspecified atom stereocenters. The Kier molecular flexibility index (Phi) is 6.85. The van der Waals surface area contributed by atoms with Gasteiger partial charge in [0.1, 0.15) is 11.1 Å². The lowest BCUT2D eigenvalue weighted by Gasteiger charge is -2.14. The molecule has 0 saturated heterocycles. The molecule has 0 aliphatic heterocycles. The third kappa shape index (κ3) is 4.81. The molecule has 0 spiro atoms. The van der Waals surface area contributed by atoms with Crippen molar-refractivity contribution in [2.75, 3.05) is 13.1 Å². The van der Waals surface area contributed by atoms with Crippen LogP contribution in [0.15, 0.2) is 59.5 Å². The van der Waals surface area contributed by atoms with E-state index < -0.39 is 0 Å². The van der Waals surface area contributed by atoms with Gasteiger partial charge in [0.15, 0.2) is 0 Å². The highest BCUT2D eigenvalue weighted by Crippen LogP contribution is 2.35. The molecule has 10 heteroatoms. The lowest BCUT2D eigenvalue weighted by Crippen LogP contribution is -2.26. The largest absolute Gasteiger partial charge is 0.345 e. The molecular weight excluding hydrogens is 434 g/mol. The maximum Gasteiger partial charge on any atom is 0.150 e. The van der Waals surface area contributed by atoms with Crippen molar-refractivity contribution < 1.29 is 0 Å². The molecule has 0 bridgehead atoms. The highest BCUT2D eigenvalue weighted by atomic mass is 32.2. The highest BCUT2D eigenvalue weighted by molar-refractivity contribution is 8.08. The number of aryl methyl sites for hydroxylation is 1. The van der Waals surface area contributed by atoms with E-state index >= 15 is 0 Å². The Balaban J connectivity index is 1.71. The first-order valence-electron chi connectivity index (χ1n) is 10.7. The summed E-state index contributed by atoms with van der Waals surface area (Å²) in [6, 6.07) is 5.89. The number of nitrogens with zero attached hydrogens (tertiary/aromatic N) is 6. The third-order valence-electron chi connectivity index (χ3n) is 5.16. The number of thioether (sulfide) groups is 1. The van der Waals surface area contributed by atoms with Gasteiger partial charge in [0.2, 0.25) is 0 Å². The van der Waals surface area contributed by atoms with E-state index in [1.54, 1.807) is 9.36 Å². The average Bonchev–Trinajstić information content (AvgIpc) is 3.44. The van der Waals surface area contributed by atoms with Gasteiger partial charge in [0.05, 0.1) is 16.9 Å². The van der Waals surface area contributed by atoms with Gasteiger partial charge >= 0.3 is 0 Å². The Hall–Kier alpha value is -3.50. The number of rotatable bonds is 9. The van der Waals surface area contributed by atoms with Crippen molar-refractivity contribution in [1.29, 1.82) is 5.41 Å². The monoisotopic (exact) mass is 461 g/mol. The maximum atomic E-state index is 7.66. The molecule has 4 aromatic heterocycles. The fourth-order valence-corrected chi connectivity index (χ4v) is 4.25. The number of fused-ring (bicyclic) bond motifs is 1. The summed E-state index contributed by atoms with van der Waals surface area (Å²) in [6.45, 7) is 7.36. The molecule has 4 heterocycles. The first-order valence-corrected chi connectivity index (χ1v) is 11.5. The fraction of sp³-hybridized carbons (Fsp3) is 0.261. The molecule has 170 valence electrons. The van der Waals surface area contributed by atoms with Crippen LogP contribution in [0.3, 0.4) is 0 Å². The summed E-state index contributed by atoms with van der Waals surface area (Å²) < 4.78 is 3.51. The van der Waals surface area contributed by atoms with Crippen molar-refractivity contribution in [1.82, 2.24) is 29.5 Å². The number of hydrogen-bond acceptors (Lipinski definition) is 7. The second kappa shape index (κ2) is 9.97. The standard InChI is InChI=1S/C23H27N9S/c1-4-7-26-22-6-5-20(17(9-24)10-25)30-32(22)15(2)33-21-13-28-23-19(21)8-16(11-27-23)18-12-29-31(3)14-18/h5-6,8-9,11-14,17,24H,2,4,7,10,25H2,1,3H3,(H,27,28)/b24-9?,26-22-. The molecule has 4 aromatic rings. The van der Waals surface area contributed by atoms with Crippen LogP contribution in [0.25, 0.3) is 27.2 Å². The topological polar surface area (TPSA) is 127 Å². The molecule has 0 saturated carbocycles. The van der Waals surface area contributed by atoms with Crippen molar-refractivity contribution in [2.24, 2.45) is 17.8 Å². The molecule has 0 amide bonds. The molecule has 0 aromatic carbocycles. The van der Waals surface area contributed by atoms with Gasteiger partial charge in [-0.3, -0.25) is 9.67 Å². The Bertz CT molecular complexity index is 1360. The third-order valence-corrected chi connectivity index (χ3v) is 6.13. The van der Waals surface area contributed by atoms with Crippen molar-refractivity contribution in [3.63, 3.8) is 0 Å². The minimum atomic E-state index is -0.256. The Morgan fingerprint density at radius 3 is 2.91 bits per heavy atom. The van der Waals surface area contributed by atoms with Crippen LogP contribution in [-0.4, -0.2) is 48.8 Å². The molecule has 33 heavy (non-hydrogen) atoms. The van der Waals surface area contributed by atoms with Gasteiger partial charge in [-0.25, -0.2) is 9.67 Å². The van der Waals surface area contributed by atoms with E-state index in [1.165, 1.54) is 18.0 Å². The first kappa shape index (κ1) is 22.7. The van der Waals surface area contributed by atoms with Crippen LogP contribution in [0.1, 0.15) is 25.0 Å². The molecule has 9 nitrogen and oxygen atoms in total. The van der Waals surface area contributed by atoms with Crippen molar-refractivity contribution in [3.8, 4) is 11.1 Å². The van der Waals surface area contributed by atoms with Gasteiger partial charge in [0, 0.05) is 72.3 Å². The van der Waals surface area contributed by atoms with Crippen molar-refractivity contribution in [2.45, 2.75) is 24.2 Å². The van der Waals surface area contributed by atoms with Crippen LogP contribution in [0.4, 0.5) is 0 Å². The van der Waals surface area contributed by atoms with E-state index in [9.17, 15) is 0 Å². The number of aromatic amines is 1. The number of pyridine rings is 1. The summed E-state index contributed by atoms with van der Waals surface area (Å²) in [5.41, 5.74) is 10.1. The molecule has 4 rings (SSSR count). The fourth-order valence-electron chi connectivity index (χ4n) is 3.39. The maximum absolute atomic E-state index is 7.66. The quantitative estimate of drug-likeness (QED) is 0.260. The normalized spacial score (nSPS) is 12.9. The molecule has 0 fully saturated rings. The predicted molar refractivity (Wildman–Crippen MR) is 133 cm³/mol. The average molecular weight is 462 g/mol. The van der Waals surface area contributed by atoms with Gasteiger partial charge in [-0.2, -0.15) is 10.2 Å². The van der Waals surface area contributed by atoms with E-state index in [2.05, 4.69) is 39.6 Å². The van der Waals surface area contributed by atoms with Gasteiger partial charge in [-0.1, -0.05) is 25.3 Å². The number of hydrogen-bond donors (Lipinski definition) is 3. The number of nitrogens with two attached hydrogens (primary N) is 1. The Labute approximate surface area is 196 Å². The lowest BCUT2D eigenvalue weighted by atomic mass is 10.1. The van der Waals surface area contributed by atoms with Crippen LogP contribution in [-0.2, 0) is 7.05 Å². The molecular formula is C23H27N9S. The van der Waals surface area contributed by atoms with E-state index in [1.807, 2.05) is 44.0 Å². The van der Waals surface area contributed by atoms with Gasteiger partial charge < -0.3 is 16.1 Å². The number of H-pyrrole nitrogens is 1. The van der Waals surface area contributed by atoms with E-state index in [4.69, 9.17) is 16.2 Å². The Morgan fingerprint density at radius 2 is 2.21 bits per heavy atom. The summed E-state index contributed by atoms with van der Waals surface area (Å²) in [5.74, 6) is -0.256. The highest BCUT2D eigenvalue weighted by Gasteiger charge is 2.14. The summed E-state index contributed by atoms with van der Waals surface area (Å²) in [5, 5.41) is 18.3. The molecule has 0 aliphatic carbocycles. The van der Waals surface area contributed by atoms with Gasteiger partial charge in [-0.05, 0) is 24.6 Å². The van der Waals surface area contributed by atoms with E-state index in [-0.39, 0.29) is 5.92 Å². The lowest BCUT2D eigenvalue weighted by molar-refractivity contribution is 0.729. The first-order chi connectivity index (χ1) is 16.0. The molecule has 0 radical (unpaired) electrons. The summed E-state index contributed by atoms with van der Waals surface area (Å²) in [4.78, 5) is 13.4. The second-order valence-corrected chi connectivity index (χ2v) is 8.71. The summed E-state index contributed by atoms with van der Waals surface area (Å²) in [6.07, 6.45) is 9.80. The van der Waals surface area contributed by atoms with Crippen LogP contribution in [0, 0.1) is 5.41 Å².